The van der Waals surface area contributed by atoms with E-state index in [-0.39, 0.29) is 5.82 Å². The van der Waals surface area contributed by atoms with Gasteiger partial charge in [-0.1, -0.05) is 11.2 Å². The van der Waals surface area contributed by atoms with Crippen LogP contribution in [0.5, 0.6) is 0 Å². The first-order valence-electron chi connectivity index (χ1n) is 9.47. The fraction of sp³-hybridized carbons (Fsp3) is 0.250. The van der Waals surface area contributed by atoms with Crippen LogP contribution in [0.2, 0.25) is 0 Å². The molecular weight excluding hydrogens is 429 g/mol. The van der Waals surface area contributed by atoms with Crippen LogP contribution in [0, 0.1) is 0 Å². The number of thiophene rings is 1. The average molecular weight is 444 g/mol. The second-order valence-corrected chi connectivity index (χ2v) is 8.20. The van der Waals surface area contributed by atoms with Crippen molar-refractivity contribution in [2.24, 2.45) is 0 Å². The summed E-state index contributed by atoms with van der Waals surface area (Å²) in [7, 11) is 0. The highest BCUT2D eigenvalue weighted by atomic mass is 32.1. The second kappa shape index (κ2) is 7.73. The van der Waals surface area contributed by atoms with Gasteiger partial charge >= 0.3 is 12.1 Å². The molecule has 0 spiro atoms. The first-order chi connectivity index (χ1) is 15.0. The van der Waals surface area contributed by atoms with Crippen molar-refractivity contribution in [2.75, 3.05) is 4.90 Å². The summed E-state index contributed by atoms with van der Waals surface area (Å²) in [6.45, 7) is 0.421. The topological polar surface area (TPSA) is 80.8 Å². The molecule has 1 saturated carbocycles. The lowest BCUT2D eigenvalue weighted by atomic mass is 10.1. The first-order valence-corrected chi connectivity index (χ1v) is 10.3. The van der Waals surface area contributed by atoms with E-state index in [0.717, 1.165) is 29.1 Å². The number of hydrogen-bond acceptors (Lipinski definition) is 8. The third-order valence-corrected chi connectivity index (χ3v) is 5.85. The maximum absolute atomic E-state index is 12.8. The Morgan fingerprint density at radius 2 is 1.97 bits per heavy atom. The molecule has 1 fully saturated rings. The summed E-state index contributed by atoms with van der Waals surface area (Å²) in [4.78, 5) is 20.0. The monoisotopic (exact) mass is 444 g/mol. The van der Waals surface area contributed by atoms with Gasteiger partial charge in [0, 0.05) is 23.5 Å². The quantitative estimate of drug-likeness (QED) is 0.403. The van der Waals surface area contributed by atoms with Gasteiger partial charge < -0.3 is 9.42 Å². The van der Waals surface area contributed by atoms with Gasteiger partial charge in [0.15, 0.2) is 5.82 Å². The molecule has 31 heavy (non-hydrogen) atoms. The highest BCUT2D eigenvalue weighted by Gasteiger charge is 2.38. The van der Waals surface area contributed by atoms with E-state index in [4.69, 9.17) is 0 Å². The molecule has 158 valence electrons. The molecule has 0 saturated heterocycles. The molecule has 4 heterocycles. The van der Waals surface area contributed by atoms with E-state index < -0.39 is 12.1 Å². The number of halogens is 3. The fourth-order valence-electron chi connectivity index (χ4n) is 3.22. The summed E-state index contributed by atoms with van der Waals surface area (Å²) in [5.41, 5.74) is 1.15. The minimum atomic E-state index is -4.67. The second-order valence-electron chi connectivity index (χ2n) is 7.03. The van der Waals surface area contributed by atoms with Gasteiger partial charge in [0.25, 0.3) is 0 Å². The molecule has 0 atom stereocenters. The fourth-order valence-corrected chi connectivity index (χ4v) is 4.14. The maximum Gasteiger partial charge on any atom is 0.471 e. The summed E-state index contributed by atoms with van der Waals surface area (Å²) >= 11 is 1.29. The van der Waals surface area contributed by atoms with Crippen LogP contribution in [0.4, 0.5) is 24.8 Å². The van der Waals surface area contributed by atoms with Crippen molar-refractivity contribution in [3.05, 3.63) is 65.4 Å². The molecule has 0 aliphatic heterocycles. The van der Waals surface area contributed by atoms with Gasteiger partial charge in [0.1, 0.15) is 5.82 Å². The first kappa shape index (κ1) is 19.6. The summed E-state index contributed by atoms with van der Waals surface area (Å²) in [5, 5.41) is 3.46. The van der Waals surface area contributed by atoms with Crippen LogP contribution in [-0.2, 0) is 12.7 Å². The van der Waals surface area contributed by atoms with Gasteiger partial charge in [-0.25, -0.2) is 9.97 Å². The number of alkyl halides is 3. The van der Waals surface area contributed by atoms with Crippen molar-refractivity contribution in [3.8, 4) is 10.7 Å². The van der Waals surface area contributed by atoms with Crippen LogP contribution >= 0.6 is 11.3 Å². The van der Waals surface area contributed by atoms with E-state index in [1.165, 1.54) is 11.3 Å². The summed E-state index contributed by atoms with van der Waals surface area (Å²) in [6.07, 6.45) is 4.17. The van der Waals surface area contributed by atoms with Crippen molar-refractivity contribution in [1.82, 2.24) is 25.1 Å². The van der Waals surface area contributed by atoms with Crippen LogP contribution in [0.3, 0.4) is 0 Å². The van der Waals surface area contributed by atoms with E-state index >= 15 is 0 Å². The van der Waals surface area contributed by atoms with Gasteiger partial charge in [0.05, 0.1) is 17.6 Å². The van der Waals surface area contributed by atoms with Crippen molar-refractivity contribution >= 4 is 23.0 Å². The molecule has 0 bridgehead atoms. The SMILES string of the molecule is FC(F)(F)c1nc(-c2ccc(CN(c3cnccn3)c3ncccc3C3CC3)s2)no1. The van der Waals surface area contributed by atoms with Crippen LogP contribution in [0.1, 0.15) is 35.1 Å². The minimum Gasteiger partial charge on any atom is -0.329 e. The average Bonchev–Trinajstić information content (AvgIpc) is 3.29. The molecule has 0 N–H and O–H groups in total. The number of hydrogen-bond donors (Lipinski definition) is 0. The van der Waals surface area contributed by atoms with Crippen molar-refractivity contribution < 1.29 is 17.7 Å². The van der Waals surface area contributed by atoms with Crippen LogP contribution in [0.25, 0.3) is 10.7 Å². The van der Waals surface area contributed by atoms with Crippen molar-refractivity contribution in [1.29, 1.82) is 0 Å². The molecule has 0 aromatic carbocycles. The summed E-state index contributed by atoms with van der Waals surface area (Å²) in [5.74, 6) is 0.463. The van der Waals surface area contributed by atoms with E-state index in [9.17, 15) is 13.2 Å². The maximum atomic E-state index is 12.8. The zero-order valence-electron chi connectivity index (χ0n) is 16.0. The van der Waals surface area contributed by atoms with Crippen LogP contribution < -0.4 is 4.90 Å². The number of nitrogens with zero attached hydrogens (tertiary/aromatic N) is 6. The molecule has 11 heteroatoms. The Bertz CT molecular complexity index is 1190. The van der Waals surface area contributed by atoms with E-state index in [1.807, 2.05) is 17.0 Å². The van der Waals surface area contributed by atoms with Gasteiger partial charge in [-0.15, -0.1) is 11.3 Å². The highest BCUT2D eigenvalue weighted by molar-refractivity contribution is 7.15. The molecule has 0 amide bonds. The van der Waals surface area contributed by atoms with E-state index in [1.54, 1.807) is 30.9 Å². The standard InChI is InChI=1S/C20H15F3N6OS/c21-20(22,23)19-27-17(28-30-19)15-6-5-13(31-15)11-29(16-10-24-8-9-25-16)18-14(12-3-4-12)2-1-7-26-18/h1-2,5-10,12H,3-4,11H2. The number of pyridine rings is 1. The lowest BCUT2D eigenvalue weighted by Crippen LogP contribution is -2.20. The molecule has 1 aliphatic carbocycles. The Balaban J connectivity index is 1.47. The molecule has 4 aromatic rings. The third-order valence-electron chi connectivity index (χ3n) is 4.78. The molecule has 0 radical (unpaired) electrons. The molecule has 5 rings (SSSR count). The van der Waals surface area contributed by atoms with E-state index in [2.05, 4.69) is 35.7 Å². The minimum absolute atomic E-state index is 0.0915. The van der Waals surface area contributed by atoms with E-state index in [0.29, 0.717) is 23.2 Å². The van der Waals surface area contributed by atoms with Crippen molar-refractivity contribution in [3.63, 3.8) is 0 Å². The Labute approximate surface area is 178 Å². The highest BCUT2D eigenvalue weighted by Crippen LogP contribution is 2.45. The van der Waals surface area contributed by atoms with Gasteiger partial charge in [0.2, 0.25) is 5.82 Å². The Hall–Kier alpha value is -3.34. The van der Waals surface area contributed by atoms with Gasteiger partial charge in [-0.2, -0.15) is 18.2 Å². The lowest BCUT2D eigenvalue weighted by Gasteiger charge is -2.24. The smallest absolute Gasteiger partial charge is 0.329 e. The summed E-state index contributed by atoms with van der Waals surface area (Å²) in [6, 6.07) is 7.50. The summed E-state index contributed by atoms with van der Waals surface area (Å²) < 4.78 is 42.6. The molecule has 0 unspecified atom stereocenters. The van der Waals surface area contributed by atoms with Crippen LogP contribution in [-0.4, -0.2) is 25.1 Å². The molecule has 7 nitrogen and oxygen atoms in total. The number of rotatable bonds is 6. The number of aromatic nitrogens is 5. The Morgan fingerprint density at radius 1 is 1.10 bits per heavy atom. The van der Waals surface area contributed by atoms with Crippen molar-refractivity contribution in [2.45, 2.75) is 31.5 Å². The zero-order valence-corrected chi connectivity index (χ0v) is 16.8. The predicted molar refractivity (Wildman–Crippen MR) is 107 cm³/mol. The zero-order chi connectivity index (χ0) is 21.4. The predicted octanol–water partition coefficient (Wildman–Crippen LogP) is 5.22. The molecule has 4 aromatic heterocycles. The molecule has 1 aliphatic rings. The van der Waals surface area contributed by atoms with Crippen LogP contribution in [0.15, 0.2) is 53.6 Å². The normalized spacial score (nSPS) is 14.0. The Morgan fingerprint density at radius 3 is 2.68 bits per heavy atom. The molecular formula is C20H15F3N6OS. The van der Waals surface area contributed by atoms with Gasteiger partial charge in [-0.05, 0) is 42.5 Å². The lowest BCUT2D eigenvalue weighted by molar-refractivity contribution is -0.159. The Kier molecular flexibility index (Phi) is 4.89. The third kappa shape index (κ3) is 4.13. The van der Waals surface area contributed by atoms with Gasteiger partial charge in [-0.3, -0.25) is 4.98 Å². The largest absolute Gasteiger partial charge is 0.471 e. The number of anilines is 2.